The van der Waals surface area contributed by atoms with E-state index in [0.29, 0.717) is 0 Å². The molecule has 0 aliphatic carbocycles. The number of aromatic nitrogens is 1. The van der Waals surface area contributed by atoms with Crippen LogP contribution in [0.15, 0.2) is 30.5 Å². The van der Waals surface area contributed by atoms with Crippen LogP contribution in [0.4, 0.5) is 0 Å². The topological polar surface area (TPSA) is 182 Å². The van der Waals surface area contributed by atoms with Gasteiger partial charge in [0.1, 0.15) is 12.1 Å². The number of aromatic amines is 1. The summed E-state index contributed by atoms with van der Waals surface area (Å²) in [5.41, 5.74) is 6.99. The van der Waals surface area contributed by atoms with Gasteiger partial charge in [-0.1, -0.05) is 18.2 Å². The van der Waals surface area contributed by atoms with Crippen LogP contribution in [0.2, 0.25) is 0 Å². The number of carbonyl (C=O) groups excluding carboxylic acids is 1. The number of para-hydroxylation sites is 1. The number of nitrogens with two attached hydrogens (primary N) is 1. The predicted octanol–water partition coefficient (Wildman–Crippen LogP) is 0.848. The van der Waals surface area contributed by atoms with Crippen molar-refractivity contribution in [2.45, 2.75) is 31.3 Å². The number of rotatable bonds is 8. The number of nitrogens with one attached hydrogen (secondary N) is 2. The number of carboxylic acids is 2. The Labute approximate surface area is 143 Å². The molecule has 0 fully saturated rings. The third-order valence-corrected chi connectivity index (χ3v) is 3.73. The molecule has 25 heavy (non-hydrogen) atoms. The zero-order valence-electron chi connectivity index (χ0n) is 13.9. The maximum atomic E-state index is 11.8. The highest BCUT2D eigenvalue weighted by molar-refractivity contribution is 5.87. The normalized spacial score (nSPS) is 12.8. The second-order valence-corrected chi connectivity index (χ2v) is 5.51. The molecule has 9 nitrogen and oxygen atoms in total. The van der Waals surface area contributed by atoms with Crippen molar-refractivity contribution in [3.05, 3.63) is 36.0 Å². The van der Waals surface area contributed by atoms with Crippen molar-refractivity contribution in [1.82, 2.24) is 16.5 Å². The number of fused-ring (bicyclic) bond motifs is 1. The number of benzene rings is 1. The first-order chi connectivity index (χ1) is 11.4. The van der Waals surface area contributed by atoms with E-state index in [9.17, 15) is 19.5 Å². The highest BCUT2D eigenvalue weighted by Crippen LogP contribution is 2.19. The number of carboxylic acid groups (broad SMARTS) is 2. The van der Waals surface area contributed by atoms with Crippen molar-refractivity contribution in [1.29, 1.82) is 0 Å². The molecule has 9 heteroatoms. The molecule has 2 atom stereocenters. The molecular weight excluding hydrogens is 328 g/mol. The van der Waals surface area contributed by atoms with Gasteiger partial charge in [-0.2, -0.15) is 0 Å². The average molecular weight is 351 g/mol. The number of carbonyl (C=O) groups is 3. The lowest BCUT2D eigenvalue weighted by atomic mass is 10.0. The standard InChI is InChI=1S/C16H19N3O5.H3N/c17-11(15(21)22)5-6-14(20)19-13(16(23)24)7-9-8-18-12-4-2-1-3-10(9)12;/h1-4,8,11,13,18H,5-7,17H2,(H,19,20)(H,21,22)(H,23,24);1H3/p+1/t11-,13-;/m1./s1. The van der Waals surface area contributed by atoms with Crippen LogP contribution in [0, 0.1) is 0 Å². The van der Waals surface area contributed by atoms with Gasteiger partial charge in [-0.25, -0.2) is 4.79 Å². The summed E-state index contributed by atoms with van der Waals surface area (Å²) in [4.78, 5) is 36.9. The first kappa shape index (κ1) is 20.1. The van der Waals surface area contributed by atoms with E-state index in [1.165, 1.54) is 0 Å². The second-order valence-electron chi connectivity index (χ2n) is 5.51. The van der Waals surface area contributed by atoms with Crippen LogP contribution in [-0.2, 0) is 20.8 Å². The summed E-state index contributed by atoms with van der Waals surface area (Å²) >= 11 is 0. The molecule has 136 valence electrons. The Kier molecular flexibility index (Phi) is 7.09. The molecule has 0 saturated carbocycles. The minimum Gasteiger partial charge on any atom is -0.480 e. The van der Waals surface area contributed by atoms with E-state index in [0.717, 1.165) is 16.5 Å². The molecule has 0 aliphatic heterocycles. The lowest BCUT2D eigenvalue weighted by Crippen LogP contribution is -2.43. The summed E-state index contributed by atoms with van der Waals surface area (Å²) in [6.45, 7) is 0. The van der Waals surface area contributed by atoms with Crippen molar-refractivity contribution in [3.8, 4) is 0 Å². The quantitative estimate of drug-likeness (QED) is 0.409. The molecule has 0 bridgehead atoms. The Balaban J connectivity index is 0.00000312. The van der Waals surface area contributed by atoms with Gasteiger partial charge in [-0.05, 0) is 18.1 Å². The van der Waals surface area contributed by atoms with Crippen molar-refractivity contribution in [2.75, 3.05) is 0 Å². The van der Waals surface area contributed by atoms with Crippen LogP contribution in [0.1, 0.15) is 18.4 Å². The minimum atomic E-state index is -1.20. The number of amides is 1. The molecule has 0 spiro atoms. The van der Waals surface area contributed by atoms with Crippen LogP contribution in [0.3, 0.4) is 0 Å². The van der Waals surface area contributed by atoms with Crippen molar-refractivity contribution in [2.24, 2.45) is 5.73 Å². The number of quaternary nitrogens is 1. The molecule has 10 N–H and O–H groups in total. The van der Waals surface area contributed by atoms with Crippen molar-refractivity contribution in [3.63, 3.8) is 0 Å². The van der Waals surface area contributed by atoms with Gasteiger partial charge in [0.2, 0.25) is 5.91 Å². The van der Waals surface area contributed by atoms with E-state index in [4.69, 9.17) is 10.8 Å². The Morgan fingerprint density at radius 1 is 1.16 bits per heavy atom. The Bertz CT molecular complexity index is 758. The SMILES string of the molecule is N[C@H](CCC(=O)N[C@H](Cc1c[nH]c2ccccc12)C(=O)O)C(=O)O.[NH4+]. The number of hydrogen-bond acceptors (Lipinski definition) is 4. The third-order valence-electron chi connectivity index (χ3n) is 3.73. The van der Waals surface area contributed by atoms with Crippen molar-refractivity contribution >= 4 is 28.7 Å². The molecule has 2 rings (SSSR count). The molecule has 0 aliphatic rings. The fourth-order valence-corrected chi connectivity index (χ4v) is 2.40. The van der Waals surface area contributed by atoms with Gasteiger partial charge in [-0.3, -0.25) is 9.59 Å². The molecule has 1 aromatic carbocycles. The monoisotopic (exact) mass is 351 g/mol. The summed E-state index contributed by atoms with van der Waals surface area (Å²) < 4.78 is 0. The van der Waals surface area contributed by atoms with Crippen molar-refractivity contribution < 1.29 is 24.6 Å². The lowest BCUT2D eigenvalue weighted by molar-refractivity contribution is -0.142. The van der Waals surface area contributed by atoms with Gasteiger partial charge in [0, 0.05) is 29.9 Å². The van der Waals surface area contributed by atoms with Crippen LogP contribution in [0.5, 0.6) is 0 Å². The fraction of sp³-hybridized carbons (Fsp3) is 0.312. The van der Waals surface area contributed by atoms with E-state index in [1.54, 1.807) is 6.20 Å². The smallest absolute Gasteiger partial charge is 0.326 e. The summed E-state index contributed by atoms with van der Waals surface area (Å²) in [6.07, 6.45) is 1.63. The largest absolute Gasteiger partial charge is 0.480 e. The summed E-state index contributed by atoms with van der Waals surface area (Å²) in [6, 6.07) is 5.21. The average Bonchev–Trinajstić information content (AvgIpc) is 2.95. The van der Waals surface area contributed by atoms with Crippen LogP contribution >= 0.6 is 0 Å². The molecule has 0 radical (unpaired) electrons. The fourth-order valence-electron chi connectivity index (χ4n) is 2.40. The van der Waals surface area contributed by atoms with E-state index in [2.05, 4.69) is 10.3 Å². The van der Waals surface area contributed by atoms with Gasteiger partial charge in [0.05, 0.1) is 0 Å². The van der Waals surface area contributed by atoms with E-state index < -0.39 is 29.9 Å². The minimum absolute atomic E-state index is 0. The van der Waals surface area contributed by atoms with Gasteiger partial charge < -0.3 is 32.4 Å². The Morgan fingerprint density at radius 3 is 2.48 bits per heavy atom. The van der Waals surface area contributed by atoms with Crippen LogP contribution in [0.25, 0.3) is 10.9 Å². The van der Waals surface area contributed by atoms with Gasteiger partial charge in [-0.15, -0.1) is 0 Å². The zero-order valence-corrected chi connectivity index (χ0v) is 13.9. The molecule has 1 heterocycles. The van der Waals surface area contributed by atoms with E-state index >= 15 is 0 Å². The highest BCUT2D eigenvalue weighted by Gasteiger charge is 2.22. The lowest BCUT2D eigenvalue weighted by Gasteiger charge is -2.15. The third kappa shape index (κ3) is 5.30. The van der Waals surface area contributed by atoms with E-state index in [-0.39, 0.29) is 25.4 Å². The number of aliphatic carboxylic acids is 2. The zero-order chi connectivity index (χ0) is 17.7. The Morgan fingerprint density at radius 2 is 1.84 bits per heavy atom. The molecular formula is C16H23N4O5+. The van der Waals surface area contributed by atoms with Gasteiger partial charge >= 0.3 is 11.9 Å². The number of H-pyrrole nitrogens is 1. The van der Waals surface area contributed by atoms with Gasteiger partial charge in [0.15, 0.2) is 0 Å². The summed E-state index contributed by atoms with van der Waals surface area (Å²) in [5.74, 6) is -2.90. The molecule has 0 saturated heterocycles. The number of hydrogen-bond donors (Lipinski definition) is 6. The molecule has 1 aromatic heterocycles. The Hall–Kier alpha value is -2.91. The van der Waals surface area contributed by atoms with Crippen LogP contribution < -0.4 is 17.2 Å². The predicted molar refractivity (Wildman–Crippen MR) is 92.4 cm³/mol. The molecule has 1 amide bonds. The second kappa shape index (κ2) is 8.81. The first-order valence-corrected chi connectivity index (χ1v) is 7.44. The van der Waals surface area contributed by atoms with Crippen LogP contribution in [-0.4, -0.2) is 45.1 Å². The van der Waals surface area contributed by atoms with Gasteiger partial charge in [0.25, 0.3) is 0 Å². The maximum absolute atomic E-state index is 11.8. The highest BCUT2D eigenvalue weighted by atomic mass is 16.4. The summed E-state index contributed by atoms with van der Waals surface area (Å²) in [7, 11) is 0. The molecule has 0 unspecified atom stereocenters. The summed E-state index contributed by atoms with van der Waals surface area (Å²) in [5, 5.41) is 21.3. The van der Waals surface area contributed by atoms with E-state index in [1.807, 2.05) is 24.3 Å². The molecule has 2 aromatic rings. The maximum Gasteiger partial charge on any atom is 0.326 e. The first-order valence-electron chi connectivity index (χ1n) is 7.44.